The van der Waals surface area contributed by atoms with Crippen LogP contribution in [0.15, 0.2) is 24.3 Å². The molecule has 0 aliphatic heterocycles. The molecule has 0 saturated carbocycles. The van der Waals surface area contributed by atoms with Crippen molar-refractivity contribution in [3.05, 3.63) is 24.3 Å². The number of hydrogen-bond donors (Lipinski definition) is 2. The summed E-state index contributed by atoms with van der Waals surface area (Å²) in [5.74, 6) is 0.714. The smallest absolute Gasteiger partial charge is 0.231 e. The monoisotopic (exact) mass is 278 g/mol. The Morgan fingerprint density at radius 3 is 2.70 bits per heavy atom. The molecule has 2 atom stereocenters. The maximum absolute atomic E-state index is 12.3. The van der Waals surface area contributed by atoms with Crippen molar-refractivity contribution in [1.29, 1.82) is 0 Å². The molecule has 2 unspecified atom stereocenters. The first-order valence-electron chi connectivity index (χ1n) is 7.23. The molecule has 0 aromatic heterocycles. The quantitative estimate of drug-likeness (QED) is 0.805. The van der Waals surface area contributed by atoms with Crippen LogP contribution >= 0.6 is 0 Å². The highest BCUT2D eigenvalue weighted by atomic mass is 16.5. The summed E-state index contributed by atoms with van der Waals surface area (Å²) in [5, 5.41) is 2.92. The van der Waals surface area contributed by atoms with Crippen LogP contribution in [0.25, 0.3) is 0 Å². The summed E-state index contributed by atoms with van der Waals surface area (Å²) in [6, 6.07) is 7.47. The molecular weight excluding hydrogens is 252 g/mol. The average molecular weight is 278 g/mol. The van der Waals surface area contributed by atoms with Crippen LogP contribution in [0.1, 0.15) is 40.5 Å². The first-order chi connectivity index (χ1) is 9.45. The van der Waals surface area contributed by atoms with Gasteiger partial charge in [-0.2, -0.15) is 0 Å². The Morgan fingerprint density at radius 1 is 1.45 bits per heavy atom. The number of amides is 1. The fraction of sp³-hybridized carbons (Fsp3) is 0.562. The Morgan fingerprint density at radius 2 is 2.15 bits per heavy atom. The minimum atomic E-state index is -0.534. The third-order valence-electron chi connectivity index (χ3n) is 3.78. The third-order valence-corrected chi connectivity index (χ3v) is 3.78. The van der Waals surface area contributed by atoms with Crippen LogP contribution in [0, 0.1) is 5.41 Å². The zero-order chi connectivity index (χ0) is 15.2. The molecule has 20 heavy (non-hydrogen) atoms. The predicted octanol–water partition coefficient (Wildman–Crippen LogP) is 3.18. The van der Waals surface area contributed by atoms with E-state index in [4.69, 9.17) is 10.5 Å². The first kappa shape index (κ1) is 16.5. The molecule has 0 aliphatic carbocycles. The molecule has 0 radical (unpaired) electrons. The Hall–Kier alpha value is -1.55. The minimum Gasteiger partial charge on any atom is -0.491 e. The number of ether oxygens (including phenoxy) is 1. The maximum atomic E-state index is 12.3. The average Bonchev–Trinajstić information content (AvgIpc) is 2.46. The highest BCUT2D eigenvalue weighted by Crippen LogP contribution is 2.24. The van der Waals surface area contributed by atoms with Gasteiger partial charge in [-0.05, 0) is 38.8 Å². The second kappa shape index (κ2) is 7.29. The number of benzene rings is 1. The van der Waals surface area contributed by atoms with Gasteiger partial charge in [0.15, 0.2) is 0 Å². The van der Waals surface area contributed by atoms with Crippen LogP contribution in [0.3, 0.4) is 0 Å². The van der Waals surface area contributed by atoms with E-state index in [-0.39, 0.29) is 12.0 Å². The normalized spacial score (nSPS) is 15.2. The predicted molar refractivity (Wildman–Crippen MR) is 82.9 cm³/mol. The minimum absolute atomic E-state index is 0.0526. The molecule has 0 saturated heterocycles. The van der Waals surface area contributed by atoms with Gasteiger partial charge in [-0.3, -0.25) is 4.79 Å². The van der Waals surface area contributed by atoms with Gasteiger partial charge in [0.25, 0.3) is 0 Å². The van der Waals surface area contributed by atoms with Gasteiger partial charge in [-0.1, -0.05) is 19.9 Å². The van der Waals surface area contributed by atoms with E-state index in [2.05, 4.69) is 12.2 Å². The van der Waals surface area contributed by atoms with E-state index in [1.54, 1.807) is 0 Å². The first-order valence-corrected chi connectivity index (χ1v) is 7.23. The Kier molecular flexibility index (Phi) is 6.02. The number of carbonyl (C=O) groups excluding carboxylic acids is 1. The summed E-state index contributed by atoms with van der Waals surface area (Å²) in [4.78, 5) is 12.3. The van der Waals surface area contributed by atoms with Crippen LogP contribution in [0.4, 0.5) is 5.69 Å². The molecule has 0 bridgehead atoms. The van der Waals surface area contributed by atoms with E-state index < -0.39 is 5.41 Å². The highest BCUT2D eigenvalue weighted by molar-refractivity contribution is 5.95. The van der Waals surface area contributed by atoms with Crippen molar-refractivity contribution in [2.24, 2.45) is 11.1 Å². The van der Waals surface area contributed by atoms with Crippen LogP contribution in [0.2, 0.25) is 0 Å². The lowest BCUT2D eigenvalue weighted by Crippen LogP contribution is -2.39. The van der Waals surface area contributed by atoms with Crippen molar-refractivity contribution in [2.75, 3.05) is 11.9 Å². The van der Waals surface area contributed by atoms with Gasteiger partial charge < -0.3 is 15.8 Å². The Balaban J connectivity index is 2.78. The molecular formula is C16H26N2O2. The van der Waals surface area contributed by atoms with E-state index >= 15 is 0 Å². The molecule has 3 N–H and O–H groups in total. The van der Waals surface area contributed by atoms with E-state index in [1.807, 2.05) is 45.0 Å². The van der Waals surface area contributed by atoms with E-state index in [0.29, 0.717) is 13.0 Å². The molecule has 4 heteroatoms. The highest BCUT2D eigenvalue weighted by Gasteiger charge is 2.29. The van der Waals surface area contributed by atoms with Crippen molar-refractivity contribution in [2.45, 2.75) is 46.6 Å². The SMILES string of the molecule is CCC(C)Oc1cccc(NC(=O)C(C)(CC)CN)c1. The van der Waals surface area contributed by atoms with E-state index in [0.717, 1.165) is 17.9 Å². The molecule has 1 aromatic rings. The van der Waals surface area contributed by atoms with Crippen LogP contribution in [0.5, 0.6) is 5.75 Å². The number of nitrogens with one attached hydrogen (secondary N) is 1. The summed E-state index contributed by atoms with van der Waals surface area (Å²) in [7, 11) is 0. The van der Waals surface area contributed by atoms with Crippen LogP contribution in [-0.2, 0) is 4.79 Å². The van der Waals surface area contributed by atoms with Crippen LogP contribution in [-0.4, -0.2) is 18.6 Å². The Labute approximate surface area is 121 Å². The number of rotatable bonds is 7. The summed E-state index contributed by atoms with van der Waals surface area (Å²) >= 11 is 0. The molecule has 112 valence electrons. The van der Waals surface area contributed by atoms with Crippen molar-refractivity contribution in [3.63, 3.8) is 0 Å². The molecule has 0 heterocycles. The molecule has 0 aliphatic rings. The van der Waals surface area contributed by atoms with Gasteiger partial charge in [0.1, 0.15) is 5.75 Å². The molecule has 4 nitrogen and oxygen atoms in total. The number of carbonyl (C=O) groups is 1. The number of nitrogens with two attached hydrogens (primary N) is 1. The lowest BCUT2D eigenvalue weighted by atomic mass is 9.86. The van der Waals surface area contributed by atoms with Gasteiger partial charge in [-0.25, -0.2) is 0 Å². The van der Waals surface area contributed by atoms with Gasteiger partial charge in [0.2, 0.25) is 5.91 Å². The fourth-order valence-electron chi connectivity index (χ4n) is 1.64. The topological polar surface area (TPSA) is 64.3 Å². The zero-order valence-electron chi connectivity index (χ0n) is 12.9. The third kappa shape index (κ3) is 4.23. The second-order valence-corrected chi connectivity index (χ2v) is 5.44. The fourth-order valence-corrected chi connectivity index (χ4v) is 1.64. The zero-order valence-corrected chi connectivity index (χ0v) is 12.9. The van der Waals surface area contributed by atoms with Crippen LogP contribution < -0.4 is 15.8 Å². The van der Waals surface area contributed by atoms with Crippen molar-refractivity contribution in [1.82, 2.24) is 0 Å². The molecule has 1 rings (SSSR count). The van der Waals surface area contributed by atoms with Crippen molar-refractivity contribution in [3.8, 4) is 5.75 Å². The summed E-state index contributed by atoms with van der Waals surface area (Å²) in [6.45, 7) is 8.27. The van der Waals surface area contributed by atoms with Gasteiger partial charge in [0, 0.05) is 18.3 Å². The summed E-state index contributed by atoms with van der Waals surface area (Å²) < 4.78 is 5.75. The van der Waals surface area contributed by atoms with Gasteiger partial charge in [-0.15, -0.1) is 0 Å². The maximum Gasteiger partial charge on any atom is 0.231 e. The molecule has 1 aromatic carbocycles. The Bertz CT molecular complexity index is 442. The summed E-state index contributed by atoms with van der Waals surface area (Å²) in [6.07, 6.45) is 1.81. The standard InChI is InChI=1S/C16H26N2O2/c1-5-12(3)20-14-9-7-8-13(10-14)18-15(19)16(4,6-2)11-17/h7-10,12H,5-6,11,17H2,1-4H3,(H,18,19). The van der Waals surface area contributed by atoms with E-state index in [9.17, 15) is 4.79 Å². The molecule has 0 fully saturated rings. The summed E-state index contributed by atoms with van der Waals surface area (Å²) in [5.41, 5.74) is 5.91. The lowest BCUT2D eigenvalue weighted by molar-refractivity contribution is -0.124. The lowest BCUT2D eigenvalue weighted by Gasteiger charge is -2.25. The largest absolute Gasteiger partial charge is 0.491 e. The van der Waals surface area contributed by atoms with Gasteiger partial charge in [0.05, 0.1) is 11.5 Å². The van der Waals surface area contributed by atoms with Gasteiger partial charge >= 0.3 is 0 Å². The molecule has 0 spiro atoms. The second-order valence-electron chi connectivity index (χ2n) is 5.44. The van der Waals surface area contributed by atoms with Crippen molar-refractivity contribution < 1.29 is 9.53 Å². The molecule has 1 amide bonds. The number of hydrogen-bond acceptors (Lipinski definition) is 3. The van der Waals surface area contributed by atoms with E-state index in [1.165, 1.54) is 0 Å². The number of anilines is 1. The van der Waals surface area contributed by atoms with Crippen molar-refractivity contribution >= 4 is 11.6 Å².